The van der Waals surface area contributed by atoms with Gasteiger partial charge in [-0.25, -0.2) is 0 Å². The Morgan fingerprint density at radius 2 is 0.891 bits per heavy atom. The summed E-state index contributed by atoms with van der Waals surface area (Å²) in [6, 6.07) is 37.6. The molecule has 0 saturated carbocycles. The van der Waals surface area contributed by atoms with Gasteiger partial charge in [-0.3, -0.25) is 13.7 Å². The molecule has 5 aromatic carbocycles. The van der Waals surface area contributed by atoms with E-state index in [1.807, 2.05) is 60.7 Å². The SMILES string of the molecule is O=S(=O)(O)c1cccc(CNCc2cccc(S(=O)(=O)O)c2)c1.O=S(=O)(O)c1ccccc1C(c1ccccc1)c1ccccc1. The Labute approximate surface area is 268 Å². The van der Waals surface area contributed by atoms with Crippen LogP contribution < -0.4 is 5.32 Å². The van der Waals surface area contributed by atoms with Crippen molar-refractivity contribution in [3.8, 4) is 0 Å². The normalized spacial score (nSPS) is 11.9. The third-order valence-corrected chi connectivity index (χ3v) is 9.45. The molecule has 0 aromatic heterocycles. The largest absolute Gasteiger partial charge is 0.309 e. The van der Waals surface area contributed by atoms with Crippen LogP contribution in [0.2, 0.25) is 0 Å². The molecule has 0 aliphatic rings. The molecule has 13 heteroatoms. The second-order valence-corrected chi connectivity index (χ2v) is 14.3. The summed E-state index contributed by atoms with van der Waals surface area (Å²) in [6.45, 7) is 0.638. The molecule has 0 fully saturated rings. The van der Waals surface area contributed by atoms with Gasteiger partial charge in [0.25, 0.3) is 30.4 Å². The minimum Gasteiger partial charge on any atom is -0.309 e. The molecule has 0 aliphatic carbocycles. The summed E-state index contributed by atoms with van der Waals surface area (Å²) < 4.78 is 95.4. The summed E-state index contributed by atoms with van der Waals surface area (Å²) in [5, 5.41) is 3.02. The zero-order valence-electron chi connectivity index (χ0n) is 24.2. The third kappa shape index (κ3) is 9.64. The fraction of sp³-hybridized carbons (Fsp3) is 0.0909. The second-order valence-electron chi connectivity index (χ2n) is 10.1. The van der Waals surface area contributed by atoms with Crippen LogP contribution >= 0.6 is 0 Å². The Balaban J connectivity index is 0.000000209. The minimum atomic E-state index is -4.29. The van der Waals surface area contributed by atoms with Crippen molar-refractivity contribution in [2.45, 2.75) is 33.7 Å². The van der Waals surface area contributed by atoms with Crippen molar-refractivity contribution in [3.63, 3.8) is 0 Å². The first-order valence-corrected chi connectivity index (χ1v) is 18.1. The third-order valence-electron chi connectivity index (χ3n) is 6.82. The maximum absolute atomic E-state index is 11.8. The van der Waals surface area contributed by atoms with Crippen LogP contribution in [0.5, 0.6) is 0 Å². The van der Waals surface area contributed by atoms with Gasteiger partial charge in [0.05, 0.1) is 14.7 Å². The van der Waals surface area contributed by atoms with Gasteiger partial charge in [0.15, 0.2) is 0 Å². The van der Waals surface area contributed by atoms with Gasteiger partial charge in [-0.05, 0) is 58.1 Å². The Morgan fingerprint density at radius 3 is 1.30 bits per heavy atom. The van der Waals surface area contributed by atoms with E-state index < -0.39 is 30.4 Å². The lowest BCUT2D eigenvalue weighted by molar-refractivity contribution is 0.480. The molecular weight excluding hydrogens is 651 g/mol. The van der Waals surface area contributed by atoms with Crippen LogP contribution in [0.25, 0.3) is 0 Å². The molecule has 0 bridgehead atoms. The van der Waals surface area contributed by atoms with Crippen molar-refractivity contribution in [2.75, 3.05) is 0 Å². The first-order chi connectivity index (χ1) is 21.7. The molecule has 0 amide bonds. The molecule has 0 saturated heterocycles. The van der Waals surface area contributed by atoms with Crippen LogP contribution in [0, 0.1) is 0 Å². The van der Waals surface area contributed by atoms with Crippen LogP contribution in [-0.2, 0) is 43.4 Å². The average Bonchev–Trinajstić information content (AvgIpc) is 3.02. The molecule has 240 valence electrons. The maximum atomic E-state index is 11.8. The molecule has 0 spiro atoms. The smallest absolute Gasteiger partial charge is 0.294 e. The van der Waals surface area contributed by atoms with Gasteiger partial charge in [-0.15, -0.1) is 0 Å². The van der Waals surface area contributed by atoms with Gasteiger partial charge >= 0.3 is 0 Å². The summed E-state index contributed by atoms with van der Waals surface area (Å²) in [7, 11) is -12.8. The molecule has 46 heavy (non-hydrogen) atoms. The lowest BCUT2D eigenvalue weighted by Crippen LogP contribution is -2.13. The van der Waals surface area contributed by atoms with Gasteiger partial charge < -0.3 is 5.32 Å². The molecule has 4 N–H and O–H groups in total. The van der Waals surface area contributed by atoms with Crippen molar-refractivity contribution < 1.29 is 38.9 Å². The van der Waals surface area contributed by atoms with Crippen LogP contribution in [0.15, 0.2) is 148 Å². The zero-order valence-corrected chi connectivity index (χ0v) is 26.7. The summed E-state index contributed by atoms with van der Waals surface area (Å²) in [5.41, 5.74) is 3.79. The second kappa shape index (κ2) is 14.9. The molecule has 0 aliphatic heterocycles. The fourth-order valence-electron chi connectivity index (χ4n) is 4.78. The number of nitrogens with one attached hydrogen (secondary N) is 1. The van der Waals surface area contributed by atoms with E-state index in [0.29, 0.717) is 29.8 Å². The van der Waals surface area contributed by atoms with E-state index in [2.05, 4.69) is 5.32 Å². The molecule has 5 aromatic rings. The van der Waals surface area contributed by atoms with Crippen LogP contribution in [-0.4, -0.2) is 38.9 Å². The highest BCUT2D eigenvalue weighted by molar-refractivity contribution is 7.86. The lowest BCUT2D eigenvalue weighted by Gasteiger charge is -2.20. The topological polar surface area (TPSA) is 175 Å². The molecule has 0 atom stereocenters. The predicted molar refractivity (Wildman–Crippen MR) is 173 cm³/mol. The highest BCUT2D eigenvalue weighted by Crippen LogP contribution is 2.35. The molecule has 5 rings (SSSR count). The van der Waals surface area contributed by atoms with Gasteiger partial charge in [0.2, 0.25) is 0 Å². The first-order valence-electron chi connectivity index (χ1n) is 13.7. The van der Waals surface area contributed by atoms with Crippen molar-refractivity contribution >= 4 is 30.4 Å². The van der Waals surface area contributed by atoms with E-state index in [9.17, 15) is 29.8 Å². The predicted octanol–water partition coefficient (Wildman–Crippen LogP) is 5.58. The zero-order chi connectivity index (χ0) is 33.4. The Hall–Kier alpha value is -4.21. The van der Waals surface area contributed by atoms with Crippen LogP contribution in [0.4, 0.5) is 0 Å². The van der Waals surface area contributed by atoms with Gasteiger partial charge in [-0.2, -0.15) is 25.3 Å². The number of benzene rings is 5. The van der Waals surface area contributed by atoms with Crippen molar-refractivity contribution in [3.05, 3.63) is 161 Å². The number of hydrogen-bond acceptors (Lipinski definition) is 7. The van der Waals surface area contributed by atoms with Crippen molar-refractivity contribution in [1.82, 2.24) is 5.32 Å². The average molecular weight is 682 g/mol. The quantitative estimate of drug-likeness (QED) is 0.108. The van der Waals surface area contributed by atoms with Gasteiger partial charge in [-0.1, -0.05) is 103 Å². The van der Waals surface area contributed by atoms with Crippen LogP contribution in [0.3, 0.4) is 0 Å². The summed E-state index contributed by atoms with van der Waals surface area (Å²) in [6.07, 6.45) is 0. The molecule has 0 radical (unpaired) electrons. The summed E-state index contributed by atoms with van der Waals surface area (Å²) in [4.78, 5) is -0.437. The van der Waals surface area contributed by atoms with Gasteiger partial charge in [0.1, 0.15) is 0 Å². The van der Waals surface area contributed by atoms with E-state index in [1.54, 1.807) is 30.3 Å². The highest BCUT2D eigenvalue weighted by Gasteiger charge is 2.24. The summed E-state index contributed by atoms with van der Waals surface area (Å²) in [5.74, 6) is -0.268. The minimum absolute atomic E-state index is 0.0577. The van der Waals surface area contributed by atoms with Crippen LogP contribution in [0.1, 0.15) is 33.7 Å². The first kappa shape index (κ1) is 34.7. The molecule has 10 nitrogen and oxygen atoms in total. The standard InChI is InChI=1S/C19H16O3S.C14H15NO6S2/c20-23(21,22)18-14-8-7-13-17(18)19(15-9-3-1-4-10-15)16-11-5-2-6-12-16;16-22(17,18)13-5-1-3-11(7-13)9-15-10-12-4-2-6-14(8-12)23(19,20)21/h1-14,19H,(H,20,21,22);1-8,15H,9-10H2,(H,16,17,18)(H,19,20,21). The van der Waals surface area contributed by atoms with E-state index in [1.165, 1.54) is 42.5 Å². The van der Waals surface area contributed by atoms with E-state index in [0.717, 1.165) is 11.1 Å². The Kier molecular flexibility index (Phi) is 11.2. The van der Waals surface area contributed by atoms with Crippen molar-refractivity contribution in [2.24, 2.45) is 0 Å². The molecule has 0 heterocycles. The Bertz CT molecular complexity index is 1990. The summed E-state index contributed by atoms with van der Waals surface area (Å²) >= 11 is 0. The maximum Gasteiger partial charge on any atom is 0.294 e. The van der Waals surface area contributed by atoms with E-state index in [-0.39, 0.29) is 20.6 Å². The van der Waals surface area contributed by atoms with E-state index >= 15 is 0 Å². The highest BCUT2D eigenvalue weighted by atomic mass is 32.2. The van der Waals surface area contributed by atoms with Crippen molar-refractivity contribution in [1.29, 1.82) is 0 Å². The lowest BCUT2D eigenvalue weighted by atomic mass is 9.85. The number of rotatable bonds is 10. The molecular formula is C33H31NO9S3. The number of hydrogen-bond donors (Lipinski definition) is 4. The molecule has 0 unspecified atom stereocenters. The Morgan fingerprint density at radius 1 is 0.478 bits per heavy atom. The monoisotopic (exact) mass is 681 g/mol. The van der Waals surface area contributed by atoms with Gasteiger partial charge in [0, 0.05) is 19.0 Å². The van der Waals surface area contributed by atoms with E-state index in [4.69, 9.17) is 9.11 Å². The fourth-order valence-corrected chi connectivity index (χ4v) is 6.62.